The molecule has 0 unspecified atom stereocenters. The van der Waals surface area contributed by atoms with Crippen LogP contribution in [0.1, 0.15) is 30.2 Å². The lowest BCUT2D eigenvalue weighted by Crippen LogP contribution is -2.28. The predicted octanol–water partition coefficient (Wildman–Crippen LogP) is 2.04. The van der Waals surface area contributed by atoms with Crippen LogP contribution in [0, 0.1) is 0 Å². The van der Waals surface area contributed by atoms with Crippen molar-refractivity contribution in [3.8, 4) is 0 Å². The molecule has 0 aliphatic carbocycles. The minimum Gasteiger partial charge on any atom is -0.372 e. The second-order valence-corrected chi connectivity index (χ2v) is 3.45. The molecule has 0 spiro atoms. The summed E-state index contributed by atoms with van der Waals surface area (Å²) in [6, 6.07) is 8.82. The standard InChI is InChI=1S/C11H15NO/c1-8-9-5-3-4-6-10(9)11(12-2)7-13-8/h3-6,8,11-12H,7H2,1-2H3/t8-,11+/m1/s1. The van der Waals surface area contributed by atoms with E-state index in [9.17, 15) is 0 Å². The van der Waals surface area contributed by atoms with E-state index >= 15 is 0 Å². The number of hydrogen-bond acceptors (Lipinski definition) is 2. The fourth-order valence-electron chi connectivity index (χ4n) is 1.86. The Morgan fingerprint density at radius 2 is 2.00 bits per heavy atom. The number of nitrogens with one attached hydrogen (secondary N) is 1. The number of rotatable bonds is 1. The molecule has 1 heterocycles. The molecule has 1 aliphatic rings. The van der Waals surface area contributed by atoms with Crippen molar-refractivity contribution < 1.29 is 4.74 Å². The van der Waals surface area contributed by atoms with Crippen LogP contribution in [0.15, 0.2) is 24.3 Å². The van der Waals surface area contributed by atoms with Gasteiger partial charge in [-0.25, -0.2) is 0 Å². The molecular formula is C11H15NO. The second kappa shape index (κ2) is 3.48. The molecule has 0 bridgehead atoms. The summed E-state index contributed by atoms with van der Waals surface area (Å²) in [7, 11) is 1.97. The number of ether oxygens (including phenoxy) is 1. The maximum absolute atomic E-state index is 5.65. The van der Waals surface area contributed by atoms with Crippen LogP contribution >= 0.6 is 0 Å². The Balaban J connectivity index is 2.42. The summed E-state index contributed by atoms with van der Waals surface area (Å²) in [6.07, 6.45) is 0.237. The third-order valence-electron chi connectivity index (χ3n) is 2.67. The molecule has 2 rings (SSSR count). The normalized spacial score (nSPS) is 26.9. The topological polar surface area (TPSA) is 21.3 Å². The highest BCUT2D eigenvalue weighted by atomic mass is 16.5. The van der Waals surface area contributed by atoms with Gasteiger partial charge in [0.2, 0.25) is 0 Å². The van der Waals surface area contributed by atoms with Crippen LogP contribution in [0.5, 0.6) is 0 Å². The predicted molar refractivity (Wildman–Crippen MR) is 52.6 cm³/mol. The highest BCUT2D eigenvalue weighted by Gasteiger charge is 2.23. The summed E-state index contributed by atoms with van der Waals surface area (Å²) in [5.74, 6) is 0. The molecule has 2 nitrogen and oxygen atoms in total. The largest absolute Gasteiger partial charge is 0.372 e. The van der Waals surface area contributed by atoms with Crippen molar-refractivity contribution in [3.05, 3.63) is 35.4 Å². The molecule has 1 aliphatic heterocycles. The van der Waals surface area contributed by atoms with Gasteiger partial charge in [-0.05, 0) is 25.1 Å². The Kier molecular flexibility index (Phi) is 2.34. The SMILES string of the molecule is CN[C@H]1CO[C@H](C)c2ccccc21. The minimum absolute atomic E-state index is 0.237. The first-order valence-corrected chi connectivity index (χ1v) is 4.70. The lowest BCUT2D eigenvalue weighted by molar-refractivity contribution is 0.0346. The van der Waals surface area contributed by atoms with Crippen molar-refractivity contribution in [2.75, 3.05) is 13.7 Å². The van der Waals surface area contributed by atoms with Crippen molar-refractivity contribution in [1.82, 2.24) is 5.32 Å². The average Bonchev–Trinajstić information content (AvgIpc) is 2.19. The van der Waals surface area contributed by atoms with Crippen molar-refractivity contribution in [1.29, 1.82) is 0 Å². The van der Waals surface area contributed by atoms with E-state index in [0.29, 0.717) is 6.04 Å². The van der Waals surface area contributed by atoms with E-state index in [0.717, 1.165) is 6.61 Å². The van der Waals surface area contributed by atoms with Crippen LogP contribution in [0.25, 0.3) is 0 Å². The lowest BCUT2D eigenvalue weighted by atomic mass is 9.95. The molecule has 0 aromatic heterocycles. The van der Waals surface area contributed by atoms with Crippen LogP contribution in [-0.4, -0.2) is 13.7 Å². The molecule has 0 fully saturated rings. The molecule has 0 saturated carbocycles. The van der Waals surface area contributed by atoms with Gasteiger partial charge in [-0.3, -0.25) is 0 Å². The fraction of sp³-hybridized carbons (Fsp3) is 0.455. The van der Waals surface area contributed by atoms with Crippen LogP contribution in [-0.2, 0) is 4.74 Å². The van der Waals surface area contributed by atoms with Crippen molar-refractivity contribution >= 4 is 0 Å². The van der Waals surface area contributed by atoms with E-state index < -0.39 is 0 Å². The quantitative estimate of drug-likeness (QED) is 0.708. The molecule has 1 N–H and O–H groups in total. The van der Waals surface area contributed by atoms with Crippen LogP contribution < -0.4 is 5.32 Å². The van der Waals surface area contributed by atoms with E-state index in [1.807, 2.05) is 7.05 Å². The second-order valence-electron chi connectivity index (χ2n) is 3.45. The van der Waals surface area contributed by atoms with Crippen molar-refractivity contribution in [3.63, 3.8) is 0 Å². The van der Waals surface area contributed by atoms with Gasteiger partial charge in [0.05, 0.1) is 18.8 Å². The first-order valence-electron chi connectivity index (χ1n) is 4.70. The highest BCUT2D eigenvalue weighted by molar-refractivity contribution is 5.33. The maximum atomic E-state index is 5.65. The van der Waals surface area contributed by atoms with Crippen molar-refractivity contribution in [2.24, 2.45) is 0 Å². The lowest BCUT2D eigenvalue weighted by Gasteiger charge is -2.29. The smallest absolute Gasteiger partial charge is 0.0801 e. The van der Waals surface area contributed by atoms with Crippen LogP contribution in [0.3, 0.4) is 0 Å². The van der Waals surface area contributed by atoms with Gasteiger partial charge in [0.15, 0.2) is 0 Å². The van der Waals surface area contributed by atoms with Crippen molar-refractivity contribution in [2.45, 2.75) is 19.1 Å². The third kappa shape index (κ3) is 1.47. The Labute approximate surface area is 78.9 Å². The van der Waals surface area contributed by atoms with Crippen LogP contribution in [0.2, 0.25) is 0 Å². The van der Waals surface area contributed by atoms with E-state index in [1.165, 1.54) is 11.1 Å². The minimum atomic E-state index is 0.237. The van der Waals surface area contributed by atoms with E-state index in [4.69, 9.17) is 4.74 Å². The molecule has 70 valence electrons. The number of likely N-dealkylation sites (N-methyl/N-ethyl adjacent to an activating group) is 1. The summed E-state index contributed by atoms with van der Waals surface area (Å²) < 4.78 is 5.65. The monoisotopic (exact) mass is 177 g/mol. The zero-order chi connectivity index (χ0) is 9.26. The summed E-state index contributed by atoms with van der Waals surface area (Å²) in [5, 5.41) is 3.26. The molecule has 0 radical (unpaired) electrons. The number of fused-ring (bicyclic) bond motifs is 1. The molecular weight excluding hydrogens is 162 g/mol. The Bertz CT molecular complexity index is 298. The van der Waals surface area contributed by atoms with Gasteiger partial charge in [0.1, 0.15) is 0 Å². The Morgan fingerprint density at radius 3 is 2.69 bits per heavy atom. The molecule has 0 amide bonds. The number of hydrogen-bond donors (Lipinski definition) is 1. The van der Waals surface area contributed by atoms with Gasteiger partial charge in [0.25, 0.3) is 0 Å². The van der Waals surface area contributed by atoms with Gasteiger partial charge in [-0.1, -0.05) is 24.3 Å². The average molecular weight is 177 g/mol. The van der Waals surface area contributed by atoms with Gasteiger partial charge in [0, 0.05) is 0 Å². The zero-order valence-corrected chi connectivity index (χ0v) is 8.08. The fourth-order valence-corrected chi connectivity index (χ4v) is 1.86. The van der Waals surface area contributed by atoms with E-state index in [2.05, 4.69) is 36.5 Å². The van der Waals surface area contributed by atoms with Gasteiger partial charge in [-0.2, -0.15) is 0 Å². The molecule has 13 heavy (non-hydrogen) atoms. The Morgan fingerprint density at radius 1 is 1.31 bits per heavy atom. The summed E-state index contributed by atoms with van der Waals surface area (Å²) in [6.45, 7) is 2.87. The maximum Gasteiger partial charge on any atom is 0.0801 e. The molecule has 1 aromatic rings. The van der Waals surface area contributed by atoms with Gasteiger partial charge < -0.3 is 10.1 Å². The molecule has 0 saturated heterocycles. The summed E-state index contributed by atoms with van der Waals surface area (Å²) >= 11 is 0. The van der Waals surface area contributed by atoms with Gasteiger partial charge >= 0.3 is 0 Å². The summed E-state index contributed by atoms with van der Waals surface area (Å²) in [4.78, 5) is 0. The Hall–Kier alpha value is -0.860. The first-order chi connectivity index (χ1) is 6.33. The van der Waals surface area contributed by atoms with E-state index in [1.54, 1.807) is 0 Å². The molecule has 2 atom stereocenters. The third-order valence-corrected chi connectivity index (χ3v) is 2.67. The first kappa shape index (κ1) is 8.73. The molecule has 2 heteroatoms. The summed E-state index contributed by atoms with van der Waals surface area (Å²) in [5.41, 5.74) is 2.69. The molecule has 1 aromatic carbocycles. The number of benzene rings is 1. The van der Waals surface area contributed by atoms with E-state index in [-0.39, 0.29) is 6.10 Å². The van der Waals surface area contributed by atoms with Crippen LogP contribution in [0.4, 0.5) is 0 Å². The zero-order valence-electron chi connectivity index (χ0n) is 8.08. The highest BCUT2D eigenvalue weighted by Crippen LogP contribution is 2.31. The van der Waals surface area contributed by atoms with Gasteiger partial charge in [-0.15, -0.1) is 0 Å².